The molecule has 10 atom stereocenters. The zero-order valence-corrected chi connectivity index (χ0v) is 38.5. The number of esters is 1. The van der Waals surface area contributed by atoms with E-state index in [0.717, 1.165) is 87.1 Å². The fourth-order valence-electron chi connectivity index (χ4n) is 15.2. The third kappa shape index (κ3) is 6.12. The highest BCUT2D eigenvalue weighted by atomic mass is 35.5. The number of nitrogens with zero attached hydrogens (tertiary/aromatic N) is 3. The number of carbonyl (C=O) groups excluding carboxylic acids is 2. The predicted molar refractivity (Wildman–Crippen MR) is 233 cm³/mol. The van der Waals surface area contributed by atoms with Crippen molar-refractivity contribution in [1.29, 1.82) is 0 Å². The molecule has 1 aromatic heterocycles. The molecular formula is C50H70ClN3O5. The van der Waals surface area contributed by atoms with E-state index in [2.05, 4.69) is 84.2 Å². The zero-order valence-electron chi connectivity index (χ0n) is 37.7. The topological polar surface area (TPSA) is 102 Å². The largest absolute Gasteiger partial charge is 0.481 e. The lowest BCUT2D eigenvalue weighted by Gasteiger charge is -2.72. The maximum absolute atomic E-state index is 14.6. The molecule has 6 aliphatic carbocycles. The van der Waals surface area contributed by atoms with Gasteiger partial charge in [-0.2, -0.15) is 0 Å². The van der Waals surface area contributed by atoms with Gasteiger partial charge in [0.1, 0.15) is 11.9 Å². The van der Waals surface area contributed by atoms with Crippen LogP contribution in [0.15, 0.2) is 41.6 Å². The summed E-state index contributed by atoms with van der Waals surface area (Å²) in [6, 6.07) is 8.08. The van der Waals surface area contributed by atoms with E-state index in [-0.39, 0.29) is 45.6 Å². The molecule has 0 spiro atoms. The van der Waals surface area contributed by atoms with Crippen molar-refractivity contribution in [2.45, 2.75) is 145 Å². The Morgan fingerprint density at radius 2 is 1.59 bits per heavy atom. The third-order valence-electron chi connectivity index (χ3n) is 18.7. The number of fused-ring (bicyclic) bond motifs is 7. The summed E-state index contributed by atoms with van der Waals surface area (Å²) < 4.78 is 8.90. The first-order valence-corrected chi connectivity index (χ1v) is 23.1. The molecule has 0 amide bonds. The Morgan fingerprint density at radius 3 is 2.22 bits per heavy atom. The minimum absolute atomic E-state index is 0.0114. The monoisotopic (exact) mass is 828 g/mol. The number of carboxylic acids is 1. The minimum Gasteiger partial charge on any atom is -0.481 e. The second-order valence-electron chi connectivity index (χ2n) is 22.5. The van der Waals surface area contributed by atoms with E-state index in [1.807, 2.05) is 32.2 Å². The molecule has 0 saturated heterocycles. The second kappa shape index (κ2) is 14.3. The maximum atomic E-state index is 14.6. The molecule has 0 bridgehead atoms. The van der Waals surface area contributed by atoms with Crippen LogP contribution >= 0.6 is 11.6 Å². The summed E-state index contributed by atoms with van der Waals surface area (Å²) in [5, 5.41) is 10.4. The number of aliphatic carboxylic acids is 1. The number of carboxylic acid groups (broad SMARTS) is 1. The van der Waals surface area contributed by atoms with E-state index >= 15 is 0 Å². The van der Waals surface area contributed by atoms with Gasteiger partial charge in [-0.25, -0.2) is 4.98 Å². The number of halogens is 1. The molecule has 6 aliphatic rings. The van der Waals surface area contributed by atoms with E-state index in [1.54, 1.807) is 0 Å². The number of aromatic nitrogens is 2. The number of ether oxygens (including phenoxy) is 1. The molecule has 5 saturated carbocycles. The van der Waals surface area contributed by atoms with Gasteiger partial charge in [0.05, 0.1) is 29.1 Å². The Hall–Kier alpha value is -2.97. The van der Waals surface area contributed by atoms with E-state index in [1.165, 1.54) is 5.57 Å². The SMILES string of the molecule is CC(C)C1=C2[C@H]3CC[C@@H]4[C@@]5(C)CC[C@H](OC(=O)[C@H]6C[C@@H](C(=O)O)C6(C)C)C(C)(C)[C@@H]5CC[C@@]4(C)[C@]3(C)CC[C@@]2(c2ncc(-c3ccc(Cl)cc3)n2CCN(C)C)CC1=O. The molecule has 1 aromatic carbocycles. The number of ketones is 1. The number of likely N-dealkylation sites (N-methyl/N-ethyl adjacent to an activating group) is 1. The number of rotatable bonds is 9. The zero-order chi connectivity index (χ0) is 42.8. The molecule has 2 aromatic rings. The van der Waals surface area contributed by atoms with Crippen molar-refractivity contribution in [1.82, 2.24) is 14.5 Å². The maximum Gasteiger partial charge on any atom is 0.309 e. The minimum atomic E-state index is -0.823. The lowest BCUT2D eigenvalue weighted by molar-refractivity contribution is -0.235. The van der Waals surface area contributed by atoms with Gasteiger partial charge in [0.25, 0.3) is 0 Å². The third-order valence-corrected chi connectivity index (χ3v) is 18.9. The highest BCUT2D eigenvalue weighted by Gasteiger charge is 2.71. The van der Waals surface area contributed by atoms with Gasteiger partial charge in [-0.3, -0.25) is 14.4 Å². The first-order chi connectivity index (χ1) is 27.5. The van der Waals surface area contributed by atoms with Gasteiger partial charge in [0.2, 0.25) is 0 Å². The van der Waals surface area contributed by atoms with Crippen molar-refractivity contribution in [3.8, 4) is 11.3 Å². The molecule has 8 rings (SSSR count). The van der Waals surface area contributed by atoms with Gasteiger partial charge >= 0.3 is 11.9 Å². The van der Waals surface area contributed by atoms with E-state index in [9.17, 15) is 19.5 Å². The first kappa shape index (κ1) is 42.7. The number of benzene rings is 1. The van der Waals surface area contributed by atoms with Crippen LogP contribution in [0, 0.1) is 62.6 Å². The predicted octanol–water partition coefficient (Wildman–Crippen LogP) is 10.7. The Balaban J connectivity index is 1.12. The molecule has 8 nitrogen and oxygen atoms in total. The number of hydrogen-bond acceptors (Lipinski definition) is 6. The van der Waals surface area contributed by atoms with Gasteiger partial charge < -0.3 is 19.3 Å². The molecule has 1 N–H and O–H groups in total. The van der Waals surface area contributed by atoms with Crippen LogP contribution in [0.2, 0.25) is 5.02 Å². The standard InChI is InChI=1S/C50H70ClN3O5/c1-29(2)40-36(55)27-50(44-52-28-35(54(44)25-24-53(10)11)30-12-14-31(51)15-13-30)23-22-48(8)32(41(40)50)16-17-38-47(7)20-19-39(46(5,6)37(47)18-21-49(38,48)9)59-43(58)34-26-33(42(56)57)45(34,3)4/h12-15,28-29,32-34,37-39H,16-27H2,1-11H3,(H,56,57)/t32-,33+,34-,37+,38-,39+,47+,48-,49-,50-/m1/s1. The number of carbonyl (C=O) groups is 3. The van der Waals surface area contributed by atoms with Crippen LogP contribution in [-0.4, -0.2) is 64.0 Å². The van der Waals surface area contributed by atoms with Crippen molar-refractivity contribution in [2.75, 3.05) is 20.6 Å². The summed E-state index contributed by atoms with van der Waals surface area (Å²) >= 11 is 6.36. The Bertz CT molecular complexity index is 2060. The van der Waals surface area contributed by atoms with Gasteiger partial charge in [0, 0.05) is 29.9 Å². The summed E-state index contributed by atoms with van der Waals surface area (Å²) in [6.07, 6.45) is 11.0. The van der Waals surface area contributed by atoms with Crippen LogP contribution < -0.4 is 0 Å². The molecule has 1 heterocycles. The number of Topliss-reactive ketones (excluding diaryl/α,β-unsaturated/α-hetero) is 1. The molecule has 0 radical (unpaired) electrons. The van der Waals surface area contributed by atoms with Crippen molar-refractivity contribution in [3.05, 3.63) is 52.5 Å². The van der Waals surface area contributed by atoms with Crippen LogP contribution in [0.1, 0.15) is 132 Å². The van der Waals surface area contributed by atoms with Crippen LogP contribution in [0.5, 0.6) is 0 Å². The number of allylic oxidation sites excluding steroid dienone is 2. The fourth-order valence-corrected chi connectivity index (χ4v) is 15.3. The highest BCUT2D eigenvalue weighted by Crippen LogP contribution is 2.77. The fraction of sp³-hybridized carbons (Fsp3) is 0.720. The molecule has 322 valence electrons. The Kier molecular flexibility index (Phi) is 10.3. The van der Waals surface area contributed by atoms with E-state index < -0.39 is 22.7 Å². The average Bonchev–Trinajstić information content (AvgIpc) is 3.71. The number of imidazole rings is 1. The summed E-state index contributed by atoms with van der Waals surface area (Å²) in [5.74, 6) is 0.808. The van der Waals surface area contributed by atoms with Crippen LogP contribution in [-0.2, 0) is 31.1 Å². The molecule has 9 heteroatoms. The number of hydrogen-bond donors (Lipinski definition) is 1. The van der Waals surface area contributed by atoms with Gasteiger partial charge in [-0.15, -0.1) is 0 Å². The second-order valence-corrected chi connectivity index (χ2v) is 22.9. The van der Waals surface area contributed by atoms with Gasteiger partial charge in [-0.1, -0.05) is 86.0 Å². The normalized spacial score (nSPS) is 38.3. The molecule has 59 heavy (non-hydrogen) atoms. The Labute approximate surface area is 358 Å². The lowest BCUT2D eigenvalue weighted by atomic mass is 9.33. The summed E-state index contributed by atoms with van der Waals surface area (Å²) in [7, 11) is 4.24. The van der Waals surface area contributed by atoms with Gasteiger partial charge in [-0.05, 0) is 146 Å². The quantitative estimate of drug-likeness (QED) is 0.251. The van der Waals surface area contributed by atoms with Gasteiger partial charge in [0.15, 0.2) is 5.78 Å². The smallest absolute Gasteiger partial charge is 0.309 e. The van der Waals surface area contributed by atoms with Crippen molar-refractivity contribution in [2.24, 2.45) is 62.6 Å². The van der Waals surface area contributed by atoms with Crippen molar-refractivity contribution < 1.29 is 24.2 Å². The van der Waals surface area contributed by atoms with E-state index in [0.29, 0.717) is 41.4 Å². The van der Waals surface area contributed by atoms with Crippen molar-refractivity contribution >= 4 is 29.3 Å². The van der Waals surface area contributed by atoms with Crippen molar-refractivity contribution in [3.63, 3.8) is 0 Å². The van der Waals surface area contributed by atoms with Crippen LogP contribution in [0.25, 0.3) is 11.3 Å². The summed E-state index contributed by atoms with van der Waals surface area (Å²) in [5.41, 5.74) is 3.59. The lowest BCUT2D eigenvalue weighted by Crippen LogP contribution is -2.66. The molecule has 0 unspecified atom stereocenters. The van der Waals surface area contributed by atoms with Crippen LogP contribution in [0.3, 0.4) is 0 Å². The summed E-state index contributed by atoms with van der Waals surface area (Å²) in [4.78, 5) is 47.7. The average molecular weight is 829 g/mol. The van der Waals surface area contributed by atoms with Crippen LogP contribution in [0.4, 0.5) is 0 Å². The molecule has 0 aliphatic heterocycles. The Morgan fingerprint density at radius 1 is 0.898 bits per heavy atom. The van der Waals surface area contributed by atoms with E-state index in [4.69, 9.17) is 21.3 Å². The highest BCUT2D eigenvalue weighted by molar-refractivity contribution is 6.30. The summed E-state index contributed by atoms with van der Waals surface area (Å²) in [6.45, 7) is 22.4. The first-order valence-electron chi connectivity index (χ1n) is 22.7. The molecular weight excluding hydrogens is 758 g/mol. The molecule has 5 fully saturated rings.